The highest BCUT2D eigenvalue weighted by Crippen LogP contribution is 2.24. The predicted molar refractivity (Wildman–Crippen MR) is 104 cm³/mol. The summed E-state index contributed by atoms with van der Waals surface area (Å²) in [5.41, 5.74) is 0. The first-order valence-electron chi connectivity index (χ1n) is 9.99. The molecule has 1 saturated heterocycles. The van der Waals surface area contributed by atoms with Gasteiger partial charge in [-0.3, -0.25) is 4.90 Å². The second-order valence-corrected chi connectivity index (χ2v) is 7.60. The van der Waals surface area contributed by atoms with Crippen molar-refractivity contribution in [2.75, 3.05) is 56.2 Å². The minimum atomic E-state index is -0.763. The summed E-state index contributed by atoms with van der Waals surface area (Å²) in [5, 5.41) is 18.7. The topological polar surface area (TPSA) is 76.0 Å². The first-order valence-corrected chi connectivity index (χ1v) is 9.99. The molecule has 7 heteroatoms. The molecule has 0 aromatic carbocycles. The molecule has 1 unspecified atom stereocenters. The largest absolute Gasteiger partial charge is 0.394 e. The smallest absolute Gasteiger partial charge is 0.227 e. The monoisotopic (exact) mass is 363 g/mol. The molecule has 3 rings (SSSR count). The first kappa shape index (κ1) is 19.3. The first-order chi connectivity index (χ1) is 12.7. The highest BCUT2D eigenvalue weighted by atomic mass is 16.3. The second kappa shape index (κ2) is 9.48. The van der Waals surface area contributed by atoms with Gasteiger partial charge in [0.1, 0.15) is 5.82 Å². The van der Waals surface area contributed by atoms with Gasteiger partial charge in [0, 0.05) is 52.0 Å². The van der Waals surface area contributed by atoms with Gasteiger partial charge in [-0.15, -0.1) is 0 Å². The van der Waals surface area contributed by atoms with E-state index in [2.05, 4.69) is 14.8 Å². The minimum Gasteiger partial charge on any atom is -0.394 e. The van der Waals surface area contributed by atoms with Crippen molar-refractivity contribution < 1.29 is 10.2 Å². The maximum atomic E-state index is 9.65. The highest BCUT2D eigenvalue weighted by Gasteiger charge is 2.24. The number of anilines is 2. The van der Waals surface area contributed by atoms with Gasteiger partial charge in [0.15, 0.2) is 0 Å². The van der Waals surface area contributed by atoms with Crippen molar-refractivity contribution in [2.24, 2.45) is 0 Å². The van der Waals surface area contributed by atoms with Crippen LogP contribution in [0.2, 0.25) is 0 Å². The Bertz CT molecular complexity index is 552. The van der Waals surface area contributed by atoms with E-state index >= 15 is 0 Å². The fourth-order valence-electron chi connectivity index (χ4n) is 4.12. The van der Waals surface area contributed by atoms with Gasteiger partial charge >= 0.3 is 0 Å². The van der Waals surface area contributed by atoms with E-state index in [1.54, 1.807) is 6.20 Å². The van der Waals surface area contributed by atoms with Crippen LogP contribution in [-0.2, 0) is 0 Å². The van der Waals surface area contributed by atoms with Gasteiger partial charge in [0.2, 0.25) is 5.95 Å². The van der Waals surface area contributed by atoms with Gasteiger partial charge in [0.25, 0.3) is 0 Å². The lowest BCUT2D eigenvalue weighted by atomic mass is 9.94. The summed E-state index contributed by atoms with van der Waals surface area (Å²) in [6.45, 7) is 4.30. The van der Waals surface area contributed by atoms with E-state index in [0.29, 0.717) is 6.54 Å². The van der Waals surface area contributed by atoms with Crippen molar-refractivity contribution in [1.82, 2.24) is 14.9 Å². The van der Waals surface area contributed by atoms with Crippen molar-refractivity contribution in [3.05, 3.63) is 12.3 Å². The van der Waals surface area contributed by atoms with Crippen LogP contribution < -0.4 is 9.80 Å². The summed E-state index contributed by atoms with van der Waals surface area (Å²) in [7, 11) is 1.87. The molecule has 0 spiro atoms. The maximum absolute atomic E-state index is 9.65. The molecule has 7 nitrogen and oxygen atoms in total. The summed E-state index contributed by atoms with van der Waals surface area (Å²) in [6.07, 6.45) is 9.01. The minimum absolute atomic E-state index is 0.245. The Morgan fingerprint density at radius 1 is 1.15 bits per heavy atom. The Morgan fingerprint density at radius 3 is 2.73 bits per heavy atom. The standard InChI is InChI=1S/C19H33N5O2/c1-22(14-17(26)15-25)18-8-9-20-19(21-18)24-11-5-10-23(12-13-24)16-6-3-2-4-7-16/h8-9,16-17,25-26H,2-7,10-15H2,1H3. The lowest BCUT2D eigenvalue weighted by Crippen LogP contribution is -2.39. The molecular formula is C19H33N5O2. The van der Waals surface area contributed by atoms with Crippen molar-refractivity contribution >= 4 is 11.8 Å². The summed E-state index contributed by atoms with van der Waals surface area (Å²) in [6, 6.07) is 2.61. The predicted octanol–water partition coefficient (Wildman–Crippen LogP) is 1.11. The van der Waals surface area contributed by atoms with E-state index < -0.39 is 6.10 Å². The number of nitrogens with zero attached hydrogens (tertiary/aromatic N) is 5. The Labute approximate surface area is 156 Å². The van der Waals surface area contributed by atoms with Crippen LogP contribution in [0, 0.1) is 0 Å². The fraction of sp³-hybridized carbons (Fsp3) is 0.789. The Balaban J connectivity index is 1.61. The quantitative estimate of drug-likeness (QED) is 0.784. The van der Waals surface area contributed by atoms with Crippen LogP contribution in [0.15, 0.2) is 12.3 Å². The number of hydrogen-bond acceptors (Lipinski definition) is 7. The van der Waals surface area contributed by atoms with Crippen LogP contribution in [0.3, 0.4) is 0 Å². The molecule has 0 radical (unpaired) electrons. The SMILES string of the molecule is CN(CC(O)CO)c1ccnc(N2CCCN(C3CCCCC3)CC2)n1. The lowest BCUT2D eigenvalue weighted by Gasteiger charge is -2.33. The number of rotatable bonds is 6. The van der Waals surface area contributed by atoms with Gasteiger partial charge in [0.05, 0.1) is 12.7 Å². The number of aliphatic hydroxyl groups excluding tert-OH is 2. The molecule has 1 aliphatic heterocycles. The van der Waals surface area contributed by atoms with Gasteiger partial charge in [-0.1, -0.05) is 19.3 Å². The van der Waals surface area contributed by atoms with Crippen molar-refractivity contribution in [2.45, 2.75) is 50.7 Å². The molecule has 146 valence electrons. The van der Waals surface area contributed by atoms with Gasteiger partial charge in [-0.05, 0) is 25.3 Å². The molecule has 1 atom stereocenters. The number of aliphatic hydroxyl groups is 2. The number of hydrogen-bond donors (Lipinski definition) is 2. The van der Waals surface area contributed by atoms with Crippen molar-refractivity contribution in [1.29, 1.82) is 0 Å². The van der Waals surface area contributed by atoms with Gasteiger partial charge < -0.3 is 20.0 Å². The third-order valence-corrected chi connectivity index (χ3v) is 5.62. The Hall–Kier alpha value is -1.44. The van der Waals surface area contributed by atoms with Crippen LogP contribution in [0.4, 0.5) is 11.8 Å². The molecule has 2 N–H and O–H groups in total. The third-order valence-electron chi connectivity index (χ3n) is 5.62. The zero-order valence-electron chi connectivity index (χ0n) is 15.9. The molecule has 2 heterocycles. The molecule has 1 aromatic rings. The van der Waals surface area contributed by atoms with Gasteiger partial charge in [-0.25, -0.2) is 4.98 Å². The summed E-state index contributed by atoms with van der Waals surface area (Å²) >= 11 is 0. The molecule has 1 aromatic heterocycles. The van der Waals surface area contributed by atoms with Crippen LogP contribution >= 0.6 is 0 Å². The van der Waals surface area contributed by atoms with Gasteiger partial charge in [-0.2, -0.15) is 4.98 Å². The zero-order valence-corrected chi connectivity index (χ0v) is 15.9. The van der Waals surface area contributed by atoms with Crippen LogP contribution in [0.1, 0.15) is 38.5 Å². The summed E-state index contributed by atoms with van der Waals surface area (Å²) < 4.78 is 0. The van der Waals surface area contributed by atoms with E-state index in [1.165, 1.54) is 38.6 Å². The molecule has 2 aliphatic rings. The van der Waals surface area contributed by atoms with Crippen molar-refractivity contribution in [3.63, 3.8) is 0 Å². The van der Waals surface area contributed by atoms with E-state index in [-0.39, 0.29) is 6.61 Å². The van der Waals surface area contributed by atoms with E-state index in [1.807, 2.05) is 18.0 Å². The molecule has 2 fully saturated rings. The van der Waals surface area contributed by atoms with E-state index in [0.717, 1.165) is 43.9 Å². The Kier molecular flexibility index (Phi) is 7.05. The maximum Gasteiger partial charge on any atom is 0.227 e. The van der Waals surface area contributed by atoms with Crippen LogP contribution in [0.5, 0.6) is 0 Å². The molecule has 26 heavy (non-hydrogen) atoms. The fourth-order valence-corrected chi connectivity index (χ4v) is 4.12. The normalized spacial score (nSPS) is 21.4. The Morgan fingerprint density at radius 2 is 1.96 bits per heavy atom. The number of likely N-dealkylation sites (N-methyl/N-ethyl adjacent to an activating group) is 1. The molecule has 1 aliphatic carbocycles. The average Bonchev–Trinajstić information content (AvgIpc) is 2.95. The molecule has 0 bridgehead atoms. The van der Waals surface area contributed by atoms with Crippen molar-refractivity contribution in [3.8, 4) is 0 Å². The molecule has 1 saturated carbocycles. The third kappa shape index (κ3) is 5.05. The number of aromatic nitrogens is 2. The lowest BCUT2D eigenvalue weighted by molar-refractivity contribution is 0.101. The zero-order chi connectivity index (χ0) is 18.4. The highest BCUT2D eigenvalue weighted by molar-refractivity contribution is 5.43. The molecular weight excluding hydrogens is 330 g/mol. The molecule has 0 amide bonds. The average molecular weight is 364 g/mol. The summed E-state index contributed by atoms with van der Waals surface area (Å²) in [4.78, 5) is 16.0. The van der Waals surface area contributed by atoms with Crippen LogP contribution in [-0.4, -0.2) is 83.6 Å². The van der Waals surface area contributed by atoms with Crippen LogP contribution in [0.25, 0.3) is 0 Å². The van der Waals surface area contributed by atoms with E-state index in [9.17, 15) is 5.11 Å². The summed E-state index contributed by atoms with van der Waals surface area (Å²) in [5.74, 6) is 1.54. The second-order valence-electron chi connectivity index (χ2n) is 7.60. The van der Waals surface area contributed by atoms with E-state index in [4.69, 9.17) is 10.1 Å².